The molecule has 19 heavy (non-hydrogen) atoms. The van der Waals surface area contributed by atoms with Gasteiger partial charge in [-0.25, -0.2) is 4.79 Å². The quantitative estimate of drug-likeness (QED) is 0.752. The van der Waals surface area contributed by atoms with Gasteiger partial charge in [0.05, 0.1) is 32.0 Å². The van der Waals surface area contributed by atoms with Crippen LogP contribution in [0.25, 0.3) is 5.52 Å². The Hall–Kier alpha value is -2.44. The van der Waals surface area contributed by atoms with E-state index in [0.717, 1.165) is 0 Å². The second-order valence-corrected chi connectivity index (χ2v) is 3.73. The molecule has 0 spiro atoms. The average molecular weight is 263 g/mol. The van der Waals surface area contributed by atoms with E-state index in [1.165, 1.54) is 17.9 Å². The lowest BCUT2D eigenvalue weighted by atomic mass is 10.2. The average Bonchev–Trinajstić information content (AvgIpc) is 2.81. The van der Waals surface area contributed by atoms with Crippen molar-refractivity contribution in [3.8, 4) is 0 Å². The Balaban J connectivity index is 2.27. The number of ether oxygens (including phenoxy) is 2. The number of methoxy groups -OCH3 is 1. The molecule has 0 atom stereocenters. The van der Waals surface area contributed by atoms with E-state index in [2.05, 4.69) is 14.9 Å². The van der Waals surface area contributed by atoms with Gasteiger partial charge in [-0.3, -0.25) is 4.79 Å². The predicted molar refractivity (Wildman–Crippen MR) is 64.7 cm³/mol. The molecule has 0 aliphatic carbocycles. The van der Waals surface area contributed by atoms with Gasteiger partial charge in [0.2, 0.25) is 0 Å². The molecule has 0 aliphatic heterocycles. The molecule has 0 saturated carbocycles. The summed E-state index contributed by atoms with van der Waals surface area (Å²) < 4.78 is 10.8. The molecule has 0 fully saturated rings. The van der Waals surface area contributed by atoms with Gasteiger partial charge in [-0.2, -0.15) is 14.8 Å². The van der Waals surface area contributed by atoms with Gasteiger partial charge in [-0.05, 0) is 19.1 Å². The number of nitrogens with zero attached hydrogens (tertiary/aromatic N) is 3. The van der Waals surface area contributed by atoms with Crippen LogP contribution in [0.5, 0.6) is 0 Å². The maximum Gasteiger partial charge on any atom is 0.341 e. The van der Waals surface area contributed by atoms with Crippen molar-refractivity contribution in [2.75, 3.05) is 13.7 Å². The molecule has 0 N–H and O–H groups in total. The molecule has 0 radical (unpaired) electrons. The molecule has 2 aromatic heterocycles. The van der Waals surface area contributed by atoms with Gasteiger partial charge in [0.1, 0.15) is 11.1 Å². The highest BCUT2D eigenvalue weighted by Crippen LogP contribution is 2.11. The number of hydrogen-bond donors (Lipinski definition) is 0. The molecular formula is C12H13N3O4. The van der Waals surface area contributed by atoms with Crippen molar-refractivity contribution in [3.63, 3.8) is 0 Å². The van der Waals surface area contributed by atoms with Crippen LogP contribution < -0.4 is 0 Å². The Morgan fingerprint density at radius 1 is 1.37 bits per heavy atom. The summed E-state index contributed by atoms with van der Waals surface area (Å²) in [5.74, 6) is -0.829. The number of hydrogen-bond acceptors (Lipinski definition) is 6. The molecule has 2 rings (SSSR count). The second-order valence-electron chi connectivity index (χ2n) is 3.73. The molecule has 100 valence electrons. The van der Waals surface area contributed by atoms with Crippen LogP contribution in [0.4, 0.5) is 0 Å². The first-order valence-corrected chi connectivity index (χ1v) is 5.73. The second kappa shape index (κ2) is 5.47. The van der Waals surface area contributed by atoms with Crippen molar-refractivity contribution in [1.82, 2.24) is 14.8 Å². The van der Waals surface area contributed by atoms with Gasteiger partial charge in [0, 0.05) is 0 Å². The van der Waals surface area contributed by atoms with Crippen LogP contribution in [0.3, 0.4) is 0 Å². The normalized spacial score (nSPS) is 10.4. The monoisotopic (exact) mass is 263 g/mol. The zero-order chi connectivity index (χ0) is 13.8. The lowest BCUT2D eigenvalue weighted by molar-refractivity contribution is -0.142. The molecule has 0 unspecified atom stereocenters. The number of rotatable bonds is 4. The first-order valence-electron chi connectivity index (χ1n) is 5.73. The van der Waals surface area contributed by atoms with E-state index in [1.54, 1.807) is 19.1 Å². The molecule has 7 heteroatoms. The smallest absolute Gasteiger partial charge is 0.341 e. The van der Waals surface area contributed by atoms with Gasteiger partial charge in [-0.1, -0.05) is 0 Å². The van der Waals surface area contributed by atoms with Crippen molar-refractivity contribution in [2.45, 2.75) is 13.3 Å². The number of aromatic nitrogens is 3. The van der Waals surface area contributed by atoms with Crippen molar-refractivity contribution in [3.05, 3.63) is 29.6 Å². The molecule has 7 nitrogen and oxygen atoms in total. The molecule has 2 aromatic rings. The standard InChI is InChI=1S/C12H13N3O4/c1-3-19-11(16)6-8-4-5-10-9(12(17)18-2)7-13-15(10)14-8/h4-5,7H,3,6H2,1-2H3. The molecule has 0 saturated heterocycles. The summed E-state index contributed by atoms with van der Waals surface area (Å²) in [6.45, 7) is 2.07. The number of carbonyl (C=O) groups is 2. The Kier molecular flexibility index (Phi) is 3.74. The highest BCUT2D eigenvalue weighted by Gasteiger charge is 2.14. The van der Waals surface area contributed by atoms with Crippen LogP contribution in [0.15, 0.2) is 18.3 Å². The maximum absolute atomic E-state index is 11.5. The highest BCUT2D eigenvalue weighted by atomic mass is 16.5. The molecule has 0 aromatic carbocycles. The number of fused-ring (bicyclic) bond motifs is 1. The van der Waals surface area contributed by atoms with Crippen molar-refractivity contribution < 1.29 is 19.1 Å². The summed E-state index contributed by atoms with van der Waals surface area (Å²) in [6, 6.07) is 3.32. The van der Waals surface area contributed by atoms with E-state index in [0.29, 0.717) is 23.4 Å². The van der Waals surface area contributed by atoms with Crippen molar-refractivity contribution in [1.29, 1.82) is 0 Å². The van der Waals surface area contributed by atoms with E-state index < -0.39 is 5.97 Å². The molecular weight excluding hydrogens is 250 g/mol. The minimum atomic E-state index is -0.477. The zero-order valence-corrected chi connectivity index (χ0v) is 10.6. The Bertz CT molecular complexity index is 620. The Morgan fingerprint density at radius 2 is 2.16 bits per heavy atom. The summed E-state index contributed by atoms with van der Waals surface area (Å²) in [4.78, 5) is 22.8. The first kappa shape index (κ1) is 13.0. The SMILES string of the molecule is CCOC(=O)Cc1ccc2c(C(=O)OC)cnn2n1. The lowest BCUT2D eigenvalue weighted by Crippen LogP contribution is -2.10. The third-order valence-corrected chi connectivity index (χ3v) is 2.48. The topological polar surface area (TPSA) is 82.8 Å². The zero-order valence-electron chi connectivity index (χ0n) is 10.6. The molecule has 0 bridgehead atoms. The first-order chi connectivity index (χ1) is 9.15. The fraction of sp³-hybridized carbons (Fsp3) is 0.333. The molecule has 2 heterocycles. The third kappa shape index (κ3) is 2.70. The molecule has 0 aliphatic rings. The highest BCUT2D eigenvalue weighted by molar-refractivity contribution is 5.96. The van der Waals surface area contributed by atoms with Crippen LogP contribution >= 0.6 is 0 Å². The van der Waals surface area contributed by atoms with E-state index in [-0.39, 0.29) is 12.4 Å². The van der Waals surface area contributed by atoms with Gasteiger partial charge in [-0.15, -0.1) is 0 Å². The summed E-state index contributed by atoms with van der Waals surface area (Å²) in [6.07, 6.45) is 1.44. The number of esters is 2. The van der Waals surface area contributed by atoms with E-state index in [9.17, 15) is 9.59 Å². The Morgan fingerprint density at radius 3 is 2.84 bits per heavy atom. The van der Waals surface area contributed by atoms with Gasteiger partial charge < -0.3 is 9.47 Å². The van der Waals surface area contributed by atoms with Gasteiger partial charge >= 0.3 is 11.9 Å². The number of carbonyl (C=O) groups excluding carboxylic acids is 2. The van der Waals surface area contributed by atoms with Crippen LogP contribution in [0, 0.1) is 0 Å². The summed E-state index contributed by atoms with van der Waals surface area (Å²) in [7, 11) is 1.30. The predicted octanol–water partition coefficient (Wildman–Crippen LogP) is 0.621. The minimum Gasteiger partial charge on any atom is -0.466 e. The van der Waals surface area contributed by atoms with Crippen LogP contribution in [-0.4, -0.2) is 40.5 Å². The maximum atomic E-state index is 11.5. The van der Waals surface area contributed by atoms with E-state index >= 15 is 0 Å². The fourth-order valence-corrected chi connectivity index (χ4v) is 1.64. The van der Waals surface area contributed by atoms with Gasteiger partial charge in [0.25, 0.3) is 0 Å². The summed E-state index contributed by atoms with van der Waals surface area (Å²) in [5, 5.41) is 8.09. The minimum absolute atomic E-state index is 0.0667. The van der Waals surface area contributed by atoms with E-state index in [4.69, 9.17) is 4.74 Å². The third-order valence-electron chi connectivity index (χ3n) is 2.48. The summed E-state index contributed by atoms with van der Waals surface area (Å²) in [5.41, 5.74) is 1.38. The van der Waals surface area contributed by atoms with Crippen molar-refractivity contribution in [2.24, 2.45) is 0 Å². The van der Waals surface area contributed by atoms with Crippen molar-refractivity contribution >= 4 is 17.5 Å². The molecule has 0 amide bonds. The lowest BCUT2D eigenvalue weighted by Gasteiger charge is -2.02. The van der Waals surface area contributed by atoms with Crippen LogP contribution in [0.2, 0.25) is 0 Å². The van der Waals surface area contributed by atoms with Crippen LogP contribution in [-0.2, 0) is 20.7 Å². The van der Waals surface area contributed by atoms with E-state index in [1.807, 2.05) is 0 Å². The van der Waals surface area contributed by atoms with Gasteiger partial charge in [0.15, 0.2) is 0 Å². The Labute approximate surface area is 109 Å². The summed E-state index contributed by atoms with van der Waals surface area (Å²) >= 11 is 0. The van der Waals surface area contributed by atoms with Crippen LogP contribution in [0.1, 0.15) is 23.0 Å². The fourth-order valence-electron chi connectivity index (χ4n) is 1.64. The largest absolute Gasteiger partial charge is 0.466 e.